The Kier molecular flexibility index (Phi) is 9.03. The van der Waals surface area contributed by atoms with Gasteiger partial charge in [0, 0.05) is 48.0 Å². The highest BCUT2D eigenvalue weighted by Gasteiger charge is 2.35. The van der Waals surface area contributed by atoms with Crippen LogP contribution < -0.4 is 0 Å². The first-order chi connectivity index (χ1) is 27.3. The highest BCUT2D eigenvalue weighted by atomic mass is 32.2. The number of halogens is 6. The van der Waals surface area contributed by atoms with Gasteiger partial charge in [-0.25, -0.2) is 36.8 Å². The van der Waals surface area contributed by atoms with Gasteiger partial charge in [-0.05, 0) is 23.8 Å². The number of pyridine rings is 5. The van der Waals surface area contributed by atoms with Crippen LogP contribution >= 0.6 is 0 Å². The van der Waals surface area contributed by atoms with Crippen LogP contribution in [0.15, 0.2) is 83.2 Å². The van der Waals surface area contributed by atoms with E-state index in [-0.39, 0.29) is 78.2 Å². The van der Waals surface area contributed by atoms with Gasteiger partial charge in [0.25, 0.3) is 0 Å². The molecule has 7 heterocycles. The molecule has 7 aromatic heterocycles. The average molecular weight is 840 g/mol. The molecule has 0 saturated heterocycles. The molecule has 0 amide bonds. The zero-order chi connectivity index (χ0) is 41.5. The second-order valence-electron chi connectivity index (χ2n) is 13.2. The third-order valence-electron chi connectivity index (χ3n) is 9.60. The number of benzene rings is 1. The Labute approximate surface area is 324 Å². The molecule has 13 nitrogen and oxygen atoms in total. The van der Waals surface area contributed by atoms with Crippen LogP contribution in [0.25, 0.3) is 66.9 Å². The number of imidazole rings is 2. The van der Waals surface area contributed by atoms with Crippen molar-refractivity contribution in [2.75, 3.05) is 11.5 Å². The topological polar surface area (TPSA) is 168 Å². The minimum Gasteiger partial charge on any atom is -0.317 e. The molecule has 0 bridgehead atoms. The van der Waals surface area contributed by atoms with Crippen LogP contribution in [-0.2, 0) is 45.6 Å². The van der Waals surface area contributed by atoms with Crippen molar-refractivity contribution in [3.63, 3.8) is 0 Å². The molecule has 0 fully saturated rings. The van der Waals surface area contributed by atoms with Crippen molar-refractivity contribution in [2.24, 2.45) is 7.05 Å². The van der Waals surface area contributed by atoms with Gasteiger partial charge in [0.15, 0.2) is 37.0 Å². The Morgan fingerprint density at radius 2 is 1.31 bits per heavy atom. The maximum atomic E-state index is 13.8. The summed E-state index contributed by atoms with van der Waals surface area (Å²) in [5.41, 5.74) is -2.37. The number of sulfone groups is 2. The van der Waals surface area contributed by atoms with Gasteiger partial charge < -0.3 is 9.13 Å². The quantitative estimate of drug-likeness (QED) is 0.142. The first-order valence-corrected chi connectivity index (χ1v) is 20.6. The van der Waals surface area contributed by atoms with Crippen molar-refractivity contribution in [3.8, 4) is 23.0 Å². The largest absolute Gasteiger partial charge is 0.433 e. The third kappa shape index (κ3) is 6.46. The van der Waals surface area contributed by atoms with Gasteiger partial charge in [-0.15, -0.1) is 0 Å². The Balaban J connectivity index is 1.32. The fourth-order valence-electron chi connectivity index (χ4n) is 6.71. The molecule has 0 atom stereocenters. The fourth-order valence-corrected chi connectivity index (χ4v) is 9.15. The van der Waals surface area contributed by atoms with E-state index in [1.54, 1.807) is 30.3 Å². The molecule has 0 radical (unpaired) electrons. The molecule has 58 heavy (non-hydrogen) atoms. The highest BCUT2D eigenvalue weighted by molar-refractivity contribution is 7.92. The van der Waals surface area contributed by atoms with Gasteiger partial charge >= 0.3 is 12.4 Å². The van der Waals surface area contributed by atoms with Gasteiger partial charge in [0.05, 0.1) is 46.4 Å². The molecule has 0 saturated carbocycles. The summed E-state index contributed by atoms with van der Waals surface area (Å²) < 4.78 is 139. The number of nitrogens with zero attached hydrogens (tertiary/aromatic N) is 9. The molecular formula is C37H27F6N9O4S2. The Morgan fingerprint density at radius 1 is 0.655 bits per heavy atom. The summed E-state index contributed by atoms with van der Waals surface area (Å²) in [4.78, 5) is 29.2. The molecule has 8 aromatic rings. The molecule has 8 rings (SSSR count). The van der Waals surface area contributed by atoms with Crippen molar-refractivity contribution in [1.82, 2.24) is 44.0 Å². The maximum Gasteiger partial charge on any atom is 0.433 e. The van der Waals surface area contributed by atoms with E-state index < -0.39 is 49.0 Å². The third-order valence-corrected chi connectivity index (χ3v) is 13.2. The molecule has 21 heteroatoms. The van der Waals surface area contributed by atoms with E-state index in [9.17, 15) is 43.2 Å². The van der Waals surface area contributed by atoms with Gasteiger partial charge in [-0.3, -0.25) is 15.0 Å². The summed E-state index contributed by atoms with van der Waals surface area (Å²) in [5, 5.41) is 1.05. The molecule has 0 unspecified atom stereocenters. The first-order valence-electron chi connectivity index (χ1n) is 17.3. The van der Waals surface area contributed by atoms with Crippen molar-refractivity contribution in [2.45, 2.75) is 42.5 Å². The van der Waals surface area contributed by atoms with Crippen LogP contribution in [0.2, 0.25) is 0 Å². The van der Waals surface area contributed by atoms with Crippen molar-refractivity contribution in [3.05, 3.63) is 90.3 Å². The molecular weight excluding hydrogens is 813 g/mol. The fraction of sp³-hybridized carbons (Fsp3) is 0.216. The standard InChI is InChI=1S/C37H27F6N9O4S2/c1-4-57(53,54)31-23-9-7-6-8-20(23)14-46-29(31)35-49-24-12-27(37(41,42)43)44-17-26(24)52(35)18-19-10-21-15-47-30(32(28(21)45-13-19)58(55,56)5-2)34-50-25-11-22(36(38,39)40)16-48-33(25)51(34)3/h6-17H,4-5,18H2,1-3H3. The van der Waals surface area contributed by atoms with Crippen LogP contribution in [-0.4, -0.2) is 72.4 Å². The summed E-state index contributed by atoms with van der Waals surface area (Å²) in [7, 11) is -6.69. The second-order valence-corrected chi connectivity index (χ2v) is 17.6. The van der Waals surface area contributed by atoms with E-state index in [1.165, 1.54) is 48.6 Å². The number of hydrogen-bond donors (Lipinski definition) is 0. The number of aromatic nitrogens is 9. The van der Waals surface area contributed by atoms with Crippen LogP contribution in [0.5, 0.6) is 0 Å². The monoisotopic (exact) mass is 839 g/mol. The lowest BCUT2D eigenvalue weighted by molar-refractivity contribution is -0.141. The summed E-state index contributed by atoms with van der Waals surface area (Å²) in [6.07, 6.45) is -3.82. The summed E-state index contributed by atoms with van der Waals surface area (Å²) in [6.45, 7) is 2.67. The van der Waals surface area contributed by atoms with Crippen molar-refractivity contribution < 1.29 is 43.2 Å². The van der Waals surface area contributed by atoms with Gasteiger partial charge in [0.1, 0.15) is 32.4 Å². The normalized spacial score (nSPS) is 13.1. The Hall–Kier alpha value is -6.09. The van der Waals surface area contributed by atoms with Crippen LogP contribution in [0.4, 0.5) is 26.3 Å². The maximum absolute atomic E-state index is 13.8. The zero-order valence-electron chi connectivity index (χ0n) is 30.3. The SMILES string of the molecule is CCS(=O)(=O)c1c(-c2nc3cc(C(F)(F)F)ncc3n2Cc2cnc3c(S(=O)(=O)CC)c(-c4nc5cc(C(F)(F)F)cnc5n4C)ncc3c2)ncc2ccccc12. The molecule has 0 aliphatic rings. The predicted molar refractivity (Wildman–Crippen MR) is 200 cm³/mol. The van der Waals surface area contributed by atoms with Gasteiger partial charge in [0.2, 0.25) is 0 Å². The van der Waals surface area contributed by atoms with Crippen LogP contribution in [0.1, 0.15) is 30.7 Å². The van der Waals surface area contributed by atoms with E-state index in [0.717, 1.165) is 18.3 Å². The van der Waals surface area contributed by atoms with Crippen LogP contribution in [0, 0.1) is 0 Å². The summed E-state index contributed by atoms with van der Waals surface area (Å²) in [5.74, 6) is -0.880. The molecule has 0 aliphatic heterocycles. The second kappa shape index (κ2) is 13.5. The molecule has 0 N–H and O–H groups in total. The Bertz CT molecular complexity index is 3220. The first kappa shape index (κ1) is 38.8. The van der Waals surface area contributed by atoms with Crippen molar-refractivity contribution >= 4 is 63.5 Å². The number of hydrogen-bond acceptors (Lipinski definition) is 11. The van der Waals surface area contributed by atoms with Crippen molar-refractivity contribution in [1.29, 1.82) is 0 Å². The van der Waals surface area contributed by atoms with E-state index in [0.29, 0.717) is 22.5 Å². The number of alkyl halides is 6. The molecule has 298 valence electrons. The summed E-state index contributed by atoms with van der Waals surface area (Å²) in [6, 6.07) is 9.71. The lowest BCUT2D eigenvalue weighted by Gasteiger charge is -2.15. The molecule has 1 aromatic carbocycles. The molecule has 0 spiro atoms. The average Bonchev–Trinajstić information content (AvgIpc) is 3.72. The zero-order valence-corrected chi connectivity index (χ0v) is 31.9. The lowest BCUT2D eigenvalue weighted by Crippen LogP contribution is -2.12. The Morgan fingerprint density at radius 3 is 2.00 bits per heavy atom. The van der Waals surface area contributed by atoms with E-state index in [4.69, 9.17) is 0 Å². The van der Waals surface area contributed by atoms with E-state index >= 15 is 0 Å². The van der Waals surface area contributed by atoms with E-state index in [1.807, 2.05) is 0 Å². The highest BCUT2D eigenvalue weighted by Crippen LogP contribution is 2.38. The number of fused-ring (bicyclic) bond motifs is 4. The smallest absolute Gasteiger partial charge is 0.317 e. The minimum absolute atomic E-state index is 0.0358. The summed E-state index contributed by atoms with van der Waals surface area (Å²) >= 11 is 0. The molecule has 0 aliphatic carbocycles. The van der Waals surface area contributed by atoms with E-state index in [2.05, 4.69) is 34.9 Å². The lowest BCUT2D eigenvalue weighted by atomic mass is 10.1. The number of rotatable bonds is 8. The predicted octanol–water partition coefficient (Wildman–Crippen LogP) is 7.21. The van der Waals surface area contributed by atoms with Gasteiger partial charge in [-0.1, -0.05) is 38.1 Å². The minimum atomic E-state index is -4.81. The van der Waals surface area contributed by atoms with Gasteiger partial charge in [-0.2, -0.15) is 26.3 Å². The number of aryl methyl sites for hydroxylation is 1. The van der Waals surface area contributed by atoms with Crippen LogP contribution in [0.3, 0.4) is 0 Å².